The Morgan fingerprint density at radius 2 is 1.68 bits per heavy atom. The number of nitrogens with zero attached hydrogens (tertiary/aromatic N) is 2. The van der Waals surface area contributed by atoms with Gasteiger partial charge >= 0.3 is 5.97 Å². The molecule has 0 saturated heterocycles. The van der Waals surface area contributed by atoms with Crippen LogP contribution in [0, 0.1) is 5.92 Å². The lowest BCUT2D eigenvalue weighted by atomic mass is 10.0. The Labute approximate surface area is 204 Å². The molecule has 9 heteroatoms. The zero-order valence-electron chi connectivity index (χ0n) is 18.6. The number of rotatable bonds is 9. The van der Waals surface area contributed by atoms with Gasteiger partial charge in [0.15, 0.2) is 0 Å². The molecule has 2 unspecified atom stereocenters. The number of carboxylic acid groups (broad SMARTS) is 1. The maximum absolute atomic E-state index is 11.8. The Balaban J connectivity index is 1.46. The topological polar surface area (TPSA) is 103 Å². The van der Waals surface area contributed by atoms with Crippen LogP contribution in [0.15, 0.2) is 72.8 Å². The van der Waals surface area contributed by atoms with Crippen LogP contribution in [0.2, 0.25) is 0 Å². The van der Waals surface area contributed by atoms with Gasteiger partial charge in [-0.25, -0.2) is 9.78 Å². The van der Waals surface area contributed by atoms with Crippen LogP contribution in [-0.4, -0.2) is 30.9 Å². The monoisotopic (exact) mass is 495 g/mol. The fourth-order valence-corrected chi connectivity index (χ4v) is 5.28. The van der Waals surface area contributed by atoms with Crippen LogP contribution < -0.4 is 9.04 Å². The van der Waals surface area contributed by atoms with E-state index in [-0.39, 0.29) is 0 Å². The van der Waals surface area contributed by atoms with Gasteiger partial charge in [0, 0.05) is 17.0 Å². The highest BCUT2D eigenvalue weighted by molar-refractivity contribution is 7.80. The van der Waals surface area contributed by atoms with E-state index in [0.717, 1.165) is 31.2 Å². The number of hydrogen-bond acceptors (Lipinski definition) is 6. The maximum Gasteiger partial charge on any atom is 0.327 e. The summed E-state index contributed by atoms with van der Waals surface area (Å²) in [5.74, 6) is -1.58. The minimum absolute atomic E-state index is 0.305. The van der Waals surface area contributed by atoms with E-state index < -0.39 is 29.2 Å². The Kier molecular flexibility index (Phi) is 7.26. The van der Waals surface area contributed by atoms with Crippen molar-refractivity contribution >= 4 is 44.5 Å². The Morgan fingerprint density at radius 1 is 1.06 bits per heavy atom. The van der Waals surface area contributed by atoms with Gasteiger partial charge in [0.1, 0.15) is 12.6 Å². The first-order valence-electron chi connectivity index (χ1n) is 10.6. The van der Waals surface area contributed by atoms with Gasteiger partial charge in [0.2, 0.25) is 0 Å². The molecule has 1 aromatic heterocycles. The molecule has 4 aromatic rings. The number of ether oxygens (including phenoxy) is 1. The minimum Gasteiger partial charge on any atom is -0.755 e. The van der Waals surface area contributed by atoms with Gasteiger partial charge in [0.05, 0.1) is 10.2 Å². The van der Waals surface area contributed by atoms with Gasteiger partial charge in [0.25, 0.3) is 5.19 Å². The van der Waals surface area contributed by atoms with Crippen LogP contribution in [0.3, 0.4) is 0 Å². The highest BCUT2D eigenvalue weighted by Crippen LogP contribution is 2.29. The molecule has 1 N–H and O–H groups in total. The summed E-state index contributed by atoms with van der Waals surface area (Å²) in [5, 5.41) is 10.1. The molecule has 0 aliphatic rings. The Hall–Kier alpha value is -3.27. The second-order valence-electron chi connectivity index (χ2n) is 8.05. The van der Waals surface area contributed by atoms with Crippen molar-refractivity contribution in [2.75, 3.05) is 4.31 Å². The van der Waals surface area contributed by atoms with Gasteiger partial charge in [-0.05, 0) is 46.9 Å². The normalized spacial score (nSPS) is 13.1. The second-order valence-corrected chi connectivity index (χ2v) is 9.87. The van der Waals surface area contributed by atoms with E-state index in [1.165, 1.54) is 11.3 Å². The summed E-state index contributed by atoms with van der Waals surface area (Å²) < 4.78 is 31.4. The molecule has 0 saturated carbocycles. The molecule has 0 bridgehead atoms. The van der Waals surface area contributed by atoms with Crippen molar-refractivity contribution in [2.24, 2.45) is 5.92 Å². The number of thiazole rings is 1. The van der Waals surface area contributed by atoms with Crippen molar-refractivity contribution < 1.29 is 23.4 Å². The molecule has 0 aliphatic carbocycles. The second kappa shape index (κ2) is 10.3. The van der Waals surface area contributed by atoms with E-state index >= 15 is 0 Å². The first kappa shape index (κ1) is 23.9. The summed E-state index contributed by atoms with van der Waals surface area (Å²) in [7, 11) is 0. The lowest BCUT2D eigenvalue weighted by Crippen LogP contribution is -2.45. The van der Waals surface area contributed by atoms with Crippen LogP contribution in [-0.2, 0) is 22.7 Å². The number of fused-ring (bicyclic) bond motifs is 1. The summed E-state index contributed by atoms with van der Waals surface area (Å²) in [4.78, 5) is 16.1. The molecule has 0 spiro atoms. The SMILES string of the molecule is CC(C)C(C(=O)O)N(c1ccc(-c2ccc(COc3nc4ccccc4s3)cc2)cc1)S(=O)[O-]. The largest absolute Gasteiger partial charge is 0.755 e. The fraction of sp³-hybridized carbons (Fsp3) is 0.200. The minimum atomic E-state index is -2.72. The average Bonchev–Trinajstić information content (AvgIpc) is 3.24. The van der Waals surface area contributed by atoms with Gasteiger partial charge < -0.3 is 14.4 Å². The zero-order chi connectivity index (χ0) is 24.2. The summed E-state index contributed by atoms with van der Waals surface area (Å²) >= 11 is -1.21. The van der Waals surface area contributed by atoms with Crippen molar-refractivity contribution in [3.8, 4) is 16.3 Å². The van der Waals surface area contributed by atoms with Crippen LogP contribution in [0.1, 0.15) is 19.4 Å². The van der Waals surface area contributed by atoms with Crippen molar-refractivity contribution in [1.29, 1.82) is 0 Å². The quantitative estimate of drug-likeness (QED) is 0.318. The number of para-hydroxylation sites is 1. The number of anilines is 1. The van der Waals surface area contributed by atoms with Gasteiger partial charge in [-0.3, -0.25) is 8.51 Å². The molecule has 3 aromatic carbocycles. The van der Waals surface area contributed by atoms with Gasteiger partial charge in [-0.1, -0.05) is 73.7 Å². The highest BCUT2D eigenvalue weighted by Gasteiger charge is 2.30. The first-order valence-corrected chi connectivity index (χ1v) is 12.5. The van der Waals surface area contributed by atoms with Crippen molar-refractivity contribution in [3.05, 3.63) is 78.4 Å². The van der Waals surface area contributed by atoms with Gasteiger partial charge in [-0.2, -0.15) is 0 Å². The third-order valence-electron chi connectivity index (χ3n) is 5.34. The fourth-order valence-electron chi connectivity index (χ4n) is 3.65. The standard InChI is InChI=1S/C25H24N2O5S2/c1-16(2)23(24(28)29)27(34(30)31)20-13-11-19(12-14-20)18-9-7-17(8-10-18)15-32-25-26-21-5-3-4-6-22(21)33-25/h3-14,16,23H,15H2,1-2H3,(H,28,29)(H,30,31)/p-1. The molecular weight excluding hydrogens is 472 g/mol. The molecular formula is C25H23N2O5S2-. The third kappa shape index (κ3) is 5.27. The summed E-state index contributed by atoms with van der Waals surface area (Å²) in [6, 6.07) is 21.4. The summed E-state index contributed by atoms with van der Waals surface area (Å²) in [6.45, 7) is 3.75. The molecule has 1 heterocycles. The Morgan fingerprint density at radius 3 is 2.24 bits per heavy atom. The lowest BCUT2D eigenvalue weighted by Gasteiger charge is -2.34. The van der Waals surface area contributed by atoms with Crippen molar-refractivity contribution in [3.63, 3.8) is 0 Å². The molecule has 34 heavy (non-hydrogen) atoms. The van der Waals surface area contributed by atoms with Crippen molar-refractivity contribution in [1.82, 2.24) is 4.98 Å². The van der Waals surface area contributed by atoms with Crippen LogP contribution in [0.4, 0.5) is 5.69 Å². The summed E-state index contributed by atoms with van der Waals surface area (Å²) in [6.07, 6.45) is 0. The maximum atomic E-state index is 11.8. The van der Waals surface area contributed by atoms with Crippen LogP contribution in [0.25, 0.3) is 21.3 Å². The number of hydrogen-bond donors (Lipinski definition) is 1. The van der Waals surface area contributed by atoms with Gasteiger partial charge in [-0.15, -0.1) is 0 Å². The van der Waals surface area contributed by atoms with E-state index in [1.807, 2.05) is 48.5 Å². The van der Waals surface area contributed by atoms with Crippen molar-refractivity contribution in [2.45, 2.75) is 26.5 Å². The number of aliphatic carboxylic acids is 1. The van der Waals surface area contributed by atoms with E-state index in [9.17, 15) is 18.7 Å². The predicted molar refractivity (Wildman–Crippen MR) is 133 cm³/mol. The molecule has 176 valence electrons. The number of carbonyl (C=O) groups is 1. The molecule has 4 rings (SSSR count). The van der Waals surface area contributed by atoms with Crippen LogP contribution in [0.5, 0.6) is 5.19 Å². The van der Waals surface area contributed by atoms with Crippen LogP contribution >= 0.6 is 11.3 Å². The Bertz CT molecular complexity index is 1270. The number of carboxylic acids is 1. The first-order chi connectivity index (χ1) is 16.3. The number of benzene rings is 3. The molecule has 0 amide bonds. The predicted octanol–water partition coefficient (Wildman–Crippen LogP) is 5.25. The highest BCUT2D eigenvalue weighted by atomic mass is 32.2. The van der Waals surface area contributed by atoms with E-state index in [4.69, 9.17) is 4.74 Å². The zero-order valence-corrected chi connectivity index (χ0v) is 20.2. The molecule has 2 atom stereocenters. The molecule has 0 radical (unpaired) electrons. The molecule has 0 aliphatic heterocycles. The van der Waals surface area contributed by atoms with E-state index in [0.29, 0.717) is 17.5 Å². The number of aromatic nitrogens is 1. The molecule has 7 nitrogen and oxygen atoms in total. The van der Waals surface area contributed by atoms with E-state index in [1.54, 1.807) is 38.1 Å². The van der Waals surface area contributed by atoms with E-state index in [2.05, 4.69) is 4.98 Å². The smallest absolute Gasteiger partial charge is 0.327 e. The summed E-state index contributed by atoms with van der Waals surface area (Å²) in [5.41, 5.74) is 4.05. The average molecular weight is 496 g/mol. The third-order valence-corrected chi connectivity index (χ3v) is 7.05. The molecule has 0 fully saturated rings. The lowest BCUT2D eigenvalue weighted by molar-refractivity contribution is -0.139.